The molecular formula is C26H25N5S. The van der Waals surface area contributed by atoms with Gasteiger partial charge in [-0.05, 0) is 86.6 Å². The van der Waals surface area contributed by atoms with Crippen molar-refractivity contribution in [2.45, 2.75) is 32.9 Å². The summed E-state index contributed by atoms with van der Waals surface area (Å²) in [6.07, 6.45) is 3.67. The van der Waals surface area contributed by atoms with Crippen LogP contribution in [-0.4, -0.2) is 19.6 Å². The van der Waals surface area contributed by atoms with Crippen LogP contribution in [0.1, 0.15) is 40.3 Å². The number of anilines is 1. The third kappa shape index (κ3) is 3.46. The first-order valence-electron chi connectivity index (χ1n) is 10.7. The summed E-state index contributed by atoms with van der Waals surface area (Å²) < 4.78 is 2.21. The van der Waals surface area contributed by atoms with E-state index in [1.807, 2.05) is 42.7 Å². The van der Waals surface area contributed by atoms with Crippen molar-refractivity contribution in [3.05, 3.63) is 107 Å². The molecule has 1 aliphatic rings. The fourth-order valence-corrected chi connectivity index (χ4v) is 5.00. The van der Waals surface area contributed by atoms with E-state index in [0.29, 0.717) is 5.11 Å². The van der Waals surface area contributed by atoms with E-state index in [1.165, 1.54) is 11.1 Å². The molecule has 5 rings (SSSR count). The maximum atomic E-state index is 5.86. The molecule has 1 aromatic carbocycles. The zero-order chi connectivity index (χ0) is 22.2. The van der Waals surface area contributed by atoms with Crippen molar-refractivity contribution in [2.75, 3.05) is 4.90 Å². The first-order chi connectivity index (χ1) is 15.5. The van der Waals surface area contributed by atoms with Gasteiger partial charge in [0, 0.05) is 29.5 Å². The molecule has 0 spiro atoms. The van der Waals surface area contributed by atoms with E-state index in [0.717, 1.165) is 28.6 Å². The van der Waals surface area contributed by atoms with Crippen LogP contribution in [0.4, 0.5) is 5.69 Å². The number of pyridine rings is 2. The second-order valence-corrected chi connectivity index (χ2v) is 8.57. The Balaban J connectivity index is 1.69. The van der Waals surface area contributed by atoms with Crippen LogP contribution in [0.5, 0.6) is 0 Å². The Hall–Kier alpha value is -3.51. The predicted molar refractivity (Wildman–Crippen MR) is 132 cm³/mol. The normalized spacial score (nSPS) is 18.1. The average Bonchev–Trinajstić information content (AvgIpc) is 3.30. The van der Waals surface area contributed by atoms with Gasteiger partial charge in [-0.25, -0.2) is 4.98 Å². The smallest absolute Gasteiger partial charge is 0.174 e. The van der Waals surface area contributed by atoms with Crippen molar-refractivity contribution in [2.24, 2.45) is 0 Å². The number of nitrogens with zero attached hydrogens (tertiary/aromatic N) is 4. The highest BCUT2D eigenvalue weighted by atomic mass is 32.1. The Morgan fingerprint density at radius 3 is 2.34 bits per heavy atom. The number of hydrogen-bond donors (Lipinski definition) is 1. The van der Waals surface area contributed by atoms with Gasteiger partial charge >= 0.3 is 0 Å². The lowest BCUT2D eigenvalue weighted by Gasteiger charge is -2.28. The van der Waals surface area contributed by atoms with Crippen LogP contribution in [0.25, 0.3) is 5.82 Å². The van der Waals surface area contributed by atoms with Gasteiger partial charge in [-0.15, -0.1) is 0 Å². The quantitative estimate of drug-likeness (QED) is 0.433. The first kappa shape index (κ1) is 20.4. The molecule has 6 heteroatoms. The Kier molecular flexibility index (Phi) is 5.23. The minimum Gasteiger partial charge on any atom is -0.351 e. The lowest BCUT2D eigenvalue weighted by molar-refractivity contribution is 0.565. The summed E-state index contributed by atoms with van der Waals surface area (Å²) in [5.41, 5.74) is 6.74. The van der Waals surface area contributed by atoms with Gasteiger partial charge in [-0.1, -0.05) is 24.3 Å². The standard InChI is InChI=1S/C26H25N5S/c1-17-9-8-10-20(15-17)31-25(24(29-26(31)32)22-11-4-6-13-27-22)21-16-18(2)30(19(21)3)23-12-5-7-14-28-23/h4-16,24-25H,1-3H3,(H,29,32)/t24-,25+/m1/s1. The minimum atomic E-state index is -0.0677. The molecule has 1 saturated heterocycles. The van der Waals surface area contributed by atoms with Crippen molar-refractivity contribution in [3.8, 4) is 5.82 Å². The summed E-state index contributed by atoms with van der Waals surface area (Å²) in [7, 11) is 0. The number of hydrogen-bond acceptors (Lipinski definition) is 3. The summed E-state index contributed by atoms with van der Waals surface area (Å²) in [6.45, 7) is 6.38. The van der Waals surface area contributed by atoms with Crippen LogP contribution in [0, 0.1) is 20.8 Å². The highest BCUT2D eigenvalue weighted by molar-refractivity contribution is 7.80. The number of thiocarbonyl (C=S) groups is 1. The molecule has 2 atom stereocenters. The highest BCUT2D eigenvalue weighted by Gasteiger charge is 2.42. The van der Waals surface area contributed by atoms with Gasteiger partial charge < -0.3 is 14.8 Å². The van der Waals surface area contributed by atoms with Crippen LogP contribution < -0.4 is 10.2 Å². The molecule has 1 aliphatic heterocycles. The van der Waals surface area contributed by atoms with Crippen LogP contribution >= 0.6 is 12.2 Å². The van der Waals surface area contributed by atoms with Gasteiger partial charge in [0.05, 0.1) is 17.8 Å². The molecule has 0 unspecified atom stereocenters. The Bertz CT molecular complexity index is 1270. The zero-order valence-electron chi connectivity index (χ0n) is 18.4. The third-order valence-corrected chi connectivity index (χ3v) is 6.36. The van der Waals surface area contributed by atoms with Crippen LogP contribution in [0.3, 0.4) is 0 Å². The monoisotopic (exact) mass is 439 g/mol. The molecule has 160 valence electrons. The van der Waals surface area contributed by atoms with Crippen molar-refractivity contribution in [1.29, 1.82) is 0 Å². The summed E-state index contributed by atoms with van der Waals surface area (Å²) in [4.78, 5) is 11.5. The lowest BCUT2D eigenvalue weighted by atomic mass is 9.96. The van der Waals surface area contributed by atoms with Crippen LogP contribution in [-0.2, 0) is 0 Å². The molecule has 3 aromatic heterocycles. The SMILES string of the molecule is Cc1cccc(N2C(=S)N[C@H](c3ccccn3)[C@@H]2c2cc(C)n(-c3ccccn3)c2C)c1. The molecule has 32 heavy (non-hydrogen) atoms. The van der Waals surface area contributed by atoms with Gasteiger partial charge in [0.25, 0.3) is 0 Å². The summed E-state index contributed by atoms with van der Waals surface area (Å²) in [5, 5.41) is 4.26. The number of aryl methyl sites for hydroxylation is 2. The molecular weight excluding hydrogens is 414 g/mol. The number of rotatable bonds is 4. The van der Waals surface area contributed by atoms with Crippen molar-refractivity contribution >= 4 is 23.0 Å². The molecule has 1 N–H and O–H groups in total. The molecule has 0 bridgehead atoms. The number of benzene rings is 1. The average molecular weight is 440 g/mol. The molecule has 0 amide bonds. The van der Waals surface area contributed by atoms with Gasteiger partial charge in [0.2, 0.25) is 0 Å². The van der Waals surface area contributed by atoms with E-state index in [-0.39, 0.29) is 12.1 Å². The van der Waals surface area contributed by atoms with E-state index < -0.39 is 0 Å². The molecule has 5 nitrogen and oxygen atoms in total. The Labute approximate surface area is 193 Å². The first-order valence-corrected chi connectivity index (χ1v) is 11.1. The number of aromatic nitrogens is 3. The fourth-order valence-electron chi connectivity index (χ4n) is 4.65. The summed E-state index contributed by atoms with van der Waals surface area (Å²) in [5.74, 6) is 0.916. The number of nitrogens with one attached hydrogen (secondary N) is 1. The Morgan fingerprint density at radius 2 is 1.66 bits per heavy atom. The summed E-state index contributed by atoms with van der Waals surface area (Å²) >= 11 is 5.86. The Morgan fingerprint density at radius 1 is 0.875 bits per heavy atom. The molecule has 0 saturated carbocycles. The largest absolute Gasteiger partial charge is 0.351 e. The van der Waals surface area contributed by atoms with Crippen molar-refractivity contribution < 1.29 is 0 Å². The van der Waals surface area contributed by atoms with Crippen molar-refractivity contribution in [3.63, 3.8) is 0 Å². The topological polar surface area (TPSA) is 46.0 Å². The second-order valence-electron chi connectivity index (χ2n) is 8.19. The fraction of sp³-hybridized carbons (Fsp3) is 0.192. The zero-order valence-corrected chi connectivity index (χ0v) is 19.2. The second kappa shape index (κ2) is 8.20. The molecule has 4 heterocycles. The minimum absolute atomic E-state index is 0.0390. The lowest BCUT2D eigenvalue weighted by Crippen LogP contribution is -2.29. The summed E-state index contributed by atoms with van der Waals surface area (Å²) in [6, 6.07) is 22.6. The third-order valence-electron chi connectivity index (χ3n) is 6.05. The van der Waals surface area contributed by atoms with Gasteiger partial charge in [0.15, 0.2) is 5.11 Å². The maximum absolute atomic E-state index is 5.86. The highest BCUT2D eigenvalue weighted by Crippen LogP contribution is 2.43. The van der Waals surface area contributed by atoms with E-state index in [9.17, 15) is 0 Å². The molecule has 1 fully saturated rings. The maximum Gasteiger partial charge on any atom is 0.174 e. The van der Waals surface area contributed by atoms with E-state index >= 15 is 0 Å². The molecule has 0 aliphatic carbocycles. The predicted octanol–water partition coefficient (Wildman–Crippen LogP) is 5.37. The molecule has 4 aromatic rings. The van der Waals surface area contributed by atoms with Crippen molar-refractivity contribution in [1.82, 2.24) is 19.9 Å². The van der Waals surface area contributed by atoms with Gasteiger partial charge in [0.1, 0.15) is 5.82 Å². The van der Waals surface area contributed by atoms with Crippen LogP contribution in [0.15, 0.2) is 79.1 Å². The van der Waals surface area contributed by atoms with E-state index in [4.69, 9.17) is 12.2 Å². The van der Waals surface area contributed by atoms with Gasteiger partial charge in [-0.2, -0.15) is 0 Å². The van der Waals surface area contributed by atoms with Crippen LogP contribution in [0.2, 0.25) is 0 Å². The van der Waals surface area contributed by atoms with Gasteiger partial charge in [-0.3, -0.25) is 4.98 Å². The molecule has 0 radical (unpaired) electrons. The van der Waals surface area contributed by atoms with E-state index in [2.05, 4.69) is 81.9 Å². The van der Waals surface area contributed by atoms with E-state index in [1.54, 1.807) is 0 Å².